The van der Waals surface area contributed by atoms with Crippen molar-refractivity contribution in [1.82, 2.24) is 4.90 Å². The Balaban J connectivity index is 1.91. The summed E-state index contributed by atoms with van der Waals surface area (Å²) in [5, 5.41) is 0. The first-order valence-corrected chi connectivity index (χ1v) is 5.76. The van der Waals surface area contributed by atoms with Crippen molar-refractivity contribution in [2.24, 2.45) is 0 Å². The molecule has 3 nitrogen and oxygen atoms in total. The molecule has 2 rings (SSSR count). The van der Waals surface area contributed by atoms with Crippen LogP contribution in [0.4, 0.5) is 0 Å². The summed E-state index contributed by atoms with van der Waals surface area (Å²) in [4.78, 5) is 2.42. The highest BCUT2D eigenvalue weighted by Crippen LogP contribution is 2.27. The second-order valence-electron chi connectivity index (χ2n) is 4.55. The molecular formula is C11H21NO2. The summed E-state index contributed by atoms with van der Waals surface area (Å²) in [6.45, 7) is 7.20. The van der Waals surface area contributed by atoms with E-state index in [9.17, 15) is 0 Å². The summed E-state index contributed by atoms with van der Waals surface area (Å²) >= 11 is 0. The second kappa shape index (κ2) is 4.60. The van der Waals surface area contributed by atoms with Gasteiger partial charge in [-0.3, -0.25) is 4.90 Å². The summed E-state index contributed by atoms with van der Waals surface area (Å²) in [5.74, 6) is 0. The van der Waals surface area contributed by atoms with Crippen LogP contribution in [0.5, 0.6) is 0 Å². The minimum absolute atomic E-state index is 0.199. The van der Waals surface area contributed by atoms with Gasteiger partial charge in [-0.1, -0.05) is 0 Å². The molecule has 0 bridgehead atoms. The topological polar surface area (TPSA) is 21.7 Å². The van der Waals surface area contributed by atoms with E-state index in [1.807, 2.05) is 0 Å². The predicted octanol–water partition coefficient (Wildman–Crippen LogP) is 1.62. The first-order chi connectivity index (χ1) is 6.77. The van der Waals surface area contributed by atoms with E-state index in [4.69, 9.17) is 9.47 Å². The average Bonchev–Trinajstić information content (AvgIpc) is 2.92. The molecule has 2 aliphatic rings. The highest BCUT2D eigenvalue weighted by molar-refractivity contribution is 4.78. The number of hydrogen-bond donors (Lipinski definition) is 0. The predicted molar refractivity (Wildman–Crippen MR) is 55.2 cm³/mol. The van der Waals surface area contributed by atoms with Gasteiger partial charge in [-0.2, -0.15) is 0 Å². The molecule has 1 saturated heterocycles. The van der Waals surface area contributed by atoms with Gasteiger partial charge in [0.05, 0.1) is 12.7 Å². The van der Waals surface area contributed by atoms with Crippen LogP contribution in [-0.2, 0) is 9.47 Å². The van der Waals surface area contributed by atoms with E-state index in [0.29, 0.717) is 12.1 Å². The van der Waals surface area contributed by atoms with Gasteiger partial charge in [-0.25, -0.2) is 0 Å². The Kier molecular flexibility index (Phi) is 3.42. The molecule has 2 fully saturated rings. The standard InChI is InChI=1S/C11H21NO2/c1-9(2)12-6-3-7-13-8-11(12)14-10-4-5-10/h9-11H,3-8H2,1-2H3/t11-/m0/s1. The van der Waals surface area contributed by atoms with Gasteiger partial charge in [0, 0.05) is 19.2 Å². The maximum atomic E-state index is 5.96. The molecule has 0 spiro atoms. The van der Waals surface area contributed by atoms with Crippen LogP contribution in [0.2, 0.25) is 0 Å². The molecule has 82 valence electrons. The molecule has 1 saturated carbocycles. The summed E-state index contributed by atoms with van der Waals surface area (Å²) in [6.07, 6.45) is 4.32. The molecule has 0 aromatic rings. The van der Waals surface area contributed by atoms with Crippen molar-refractivity contribution in [3.63, 3.8) is 0 Å². The van der Waals surface area contributed by atoms with Crippen LogP contribution < -0.4 is 0 Å². The molecule has 3 heteroatoms. The Morgan fingerprint density at radius 2 is 2.14 bits per heavy atom. The number of nitrogens with zero attached hydrogens (tertiary/aromatic N) is 1. The lowest BCUT2D eigenvalue weighted by molar-refractivity contribution is -0.103. The van der Waals surface area contributed by atoms with Gasteiger partial charge in [0.1, 0.15) is 6.23 Å². The monoisotopic (exact) mass is 199 g/mol. The van der Waals surface area contributed by atoms with E-state index in [1.54, 1.807) is 0 Å². The first-order valence-electron chi connectivity index (χ1n) is 5.76. The van der Waals surface area contributed by atoms with Crippen LogP contribution in [0.3, 0.4) is 0 Å². The van der Waals surface area contributed by atoms with Gasteiger partial charge in [-0.05, 0) is 33.1 Å². The highest BCUT2D eigenvalue weighted by atomic mass is 16.6. The Morgan fingerprint density at radius 1 is 1.36 bits per heavy atom. The molecule has 1 heterocycles. The third kappa shape index (κ3) is 2.69. The normalized spacial score (nSPS) is 30.6. The average molecular weight is 199 g/mol. The van der Waals surface area contributed by atoms with E-state index >= 15 is 0 Å². The number of ether oxygens (including phenoxy) is 2. The van der Waals surface area contributed by atoms with Gasteiger partial charge < -0.3 is 9.47 Å². The van der Waals surface area contributed by atoms with Crippen molar-refractivity contribution in [3.8, 4) is 0 Å². The van der Waals surface area contributed by atoms with E-state index in [-0.39, 0.29) is 6.23 Å². The number of rotatable bonds is 3. The Hall–Kier alpha value is -0.120. The molecular weight excluding hydrogens is 178 g/mol. The van der Waals surface area contributed by atoms with Crippen molar-refractivity contribution in [2.75, 3.05) is 19.8 Å². The van der Waals surface area contributed by atoms with Crippen LogP contribution in [0.25, 0.3) is 0 Å². The van der Waals surface area contributed by atoms with Crippen LogP contribution in [0.1, 0.15) is 33.1 Å². The van der Waals surface area contributed by atoms with Crippen molar-refractivity contribution >= 4 is 0 Å². The molecule has 0 aromatic heterocycles. The van der Waals surface area contributed by atoms with E-state index < -0.39 is 0 Å². The van der Waals surface area contributed by atoms with E-state index in [2.05, 4.69) is 18.7 Å². The minimum atomic E-state index is 0.199. The van der Waals surface area contributed by atoms with Crippen molar-refractivity contribution < 1.29 is 9.47 Å². The Bertz CT molecular complexity index is 180. The largest absolute Gasteiger partial charge is 0.377 e. The molecule has 1 aliphatic heterocycles. The molecule has 0 aromatic carbocycles. The molecule has 0 radical (unpaired) electrons. The molecule has 0 N–H and O–H groups in total. The lowest BCUT2D eigenvalue weighted by Crippen LogP contribution is -2.44. The van der Waals surface area contributed by atoms with Crippen LogP contribution >= 0.6 is 0 Å². The quantitative estimate of drug-likeness (QED) is 0.689. The van der Waals surface area contributed by atoms with Crippen LogP contribution in [0.15, 0.2) is 0 Å². The van der Waals surface area contributed by atoms with Gasteiger partial charge in [0.25, 0.3) is 0 Å². The maximum absolute atomic E-state index is 5.96. The van der Waals surface area contributed by atoms with Crippen LogP contribution in [0, 0.1) is 0 Å². The number of hydrogen-bond acceptors (Lipinski definition) is 3. The zero-order chi connectivity index (χ0) is 9.97. The smallest absolute Gasteiger partial charge is 0.134 e. The molecule has 0 unspecified atom stereocenters. The zero-order valence-corrected chi connectivity index (χ0v) is 9.24. The summed E-state index contributed by atoms with van der Waals surface area (Å²) < 4.78 is 11.5. The molecule has 14 heavy (non-hydrogen) atoms. The van der Waals surface area contributed by atoms with Gasteiger partial charge in [-0.15, -0.1) is 0 Å². The van der Waals surface area contributed by atoms with Crippen molar-refractivity contribution in [1.29, 1.82) is 0 Å². The molecule has 1 aliphatic carbocycles. The first kappa shape index (κ1) is 10.4. The van der Waals surface area contributed by atoms with Crippen LogP contribution in [-0.4, -0.2) is 43.0 Å². The lowest BCUT2D eigenvalue weighted by atomic mass is 10.3. The van der Waals surface area contributed by atoms with Gasteiger partial charge in [0.2, 0.25) is 0 Å². The lowest BCUT2D eigenvalue weighted by Gasteiger charge is -2.32. The van der Waals surface area contributed by atoms with E-state index in [1.165, 1.54) is 12.8 Å². The van der Waals surface area contributed by atoms with Crippen molar-refractivity contribution in [2.45, 2.75) is 51.5 Å². The maximum Gasteiger partial charge on any atom is 0.134 e. The Labute approximate surface area is 86.4 Å². The summed E-state index contributed by atoms with van der Waals surface area (Å²) in [5.41, 5.74) is 0. The highest BCUT2D eigenvalue weighted by Gasteiger charge is 2.31. The third-order valence-electron chi connectivity index (χ3n) is 2.87. The van der Waals surface area contributed by atoms with Gasteiger partial charge >= 0.3 is 0 Å². The van der Waals surface area contributed by atoms with Crippen molar-refractivity contribution in [3.05, 3.63) is 0 Å². The fourth-order valence-corrected chi connectivity index (χ4v) is 1.91. The molecule has 1 atom stereocenters. The summed E-state index contributed by atoms with van der Waals surface area (Å²) in [6, 6.07) is 0.556. The molecule has 0 amide bonds. The minimum Gasteiger partial charge on any atom is -0.377 e. The van der Waals surface area contributed by atoms with E-state index in [0.717, 1.165) is 26.2 Å². The Morgan fingerprint density at radius 3 is 2.79 bits per heavy atom. The van der Waals surface area contributed by atoms with Gasteiger partial charge in [0.15, 0.2) is 0 Å². The second-order valence-corrected chi connectivity index (χ2v) is 4.55. The SMILES string of the molecule is CC(C)N1CCCOC[C@@H]1OC1CC1. The fraction of sp³-hybridized carbons (Fsp3) is 1.00. The third-order valence-corrected chi connectivity index (χ3v) is 2.87. The summed E-state index contributed by atoms with van der Waals surface area (Å²) in [7, 11) is 0. The fourth-order valence-electron chi connectivity index (χ4n) is 1.91. The zero-order valence-electron chi connectivity index (χ0n) is 9.24.